The van der Waals surface area contributed by atoms with Crippen molar-refractivity contribution < 1.29 is 18.3 Å². The summed E-state index contributed by atoms with van der Waals surface area (Å²) in [7, 11) is -3.42. The van der Waals surface area contributed by atoms with Gasteiger partial charge in [-0.2, -0.15) is 0 Å². The third-order valence-electron chi connectivity index (χ3n) is 5.42. The van der Waals surface area contributed by atoms with E-state index in [1.165, 1.54) is 0 Å². The van der Waals surface area contributed by atoms with Crippen LogP contribution in [0, 0.1) is 0 Å². The molecule has 2 aromatic heterocycles. The molecule has 0 bridgehead atoms. The van der Waals surface area contributed by atoms with Gasteiger partial charge in [0, 0.05) is 36.0 Å². The highest BCUT2D eigenvalue weighted by atomic mass is 32.2. The van der Waals surface area contributed by atoms with E-state index in [1.54, 1.807) is 37.4 Å². The first kappa shape index (κ1) is 24.5. The van der Waals surface area contributed by atoms with Gasteiger partial charge >= 0.3 is 6.09 Å². The molecule has 12 heteroatoms. The Morgan fingerprint density at radius 1 is 1.26 bits per heavy atom. The Kier molecular flexibility index (Phi) is 7.20. The number of anilines is 2. The zero-order valence-electron chi connectivity index (χ0n) is 19.6. The fourth-order valence-corrected chi connectivity index (χ4v) is 4.78. The number of imidazole rings is 1. The van der Waals surface area contributed by atoms with E-state index >= 15 is 0 Å². The lowest BCUT2D eigenvalue weighted by Gasteiger charge is -2.12. The Morgan fingerprint density at radius 2 is 2.06 bits per heavy atom. The number of carboxylic acid groups (broad SMARTS) is 1. The van der Waals surface area contributed by atoms with Crippen molar-refractivity contribution >= 4 is 27.8 Å². The Balaban J connectivity index is 1.63. The Morgan fingerprint density at radius 3 is 2.77 bits per heavy atom. The van der Waals surface area contributed by atoms with Gasteiger partial charge in [0.2, 0.25) is 16.0 Å². The normalized spacial score (nSPS) is 14.3. The molecule has 0 aliphatic heterocycles. The summed E-state index contributed by atoms with van der Waals surface area (Å²) in [5.41, 5.74) is 3.24. The molecule has 0 spiro atoms. The minimum absolute atomic E-state index is 0.0496. The minimum Gasteiger partial charge on any atom is -0.465 e. The van der Waals surface area contributed by atoms with Crippen LogP contribution >= 0.6 is 0 Å². The van der Waals surface area contributed by atoms with Crippen molar-refractivity contribution in [2.45, 2.75) is 45.1 Å². The Labute approximate surface area is 203 Å². The monoisotopic (exact) mass is 499 g/mol. The second kappa shape index (κ2) is 10.3. The van der Waals surface area contributed by atoms with Gasteiger partial charge < -0.3 is 20.7 Å². The van der Waals surface area contributed by atoms with E-state index in [0.717, 1.165) is 24.2 Å². The molecule has 1 amide bonds. The molecule has 1 saturated carbocycles. The van der Waals surface area contributed by atoms with Crippen LogP contribution in [0.3, 0.4) is 0 Å². The van der Waals surface area contributed by atoms with Crippen molar-refractivity contribution in [1.29, 1.82) is 0 Å². The Bertz CT molecular complexity index is 1300. The highest BCUT2D eigenvalue weighted by Crippen LogP contribution is 2.41. The number of aromatic nitrogens is 4. The van der Waals surface area contributed by atoms with Crippen LogP contribution in [0.4, 0.5) is 16.4 Å². The van der Waals surface area contributed by atoms with Crippen LogP contribution in [0.2, 0.25) is 0 Å². The second-order valence-electron chi connectivity index (χ2n) is 8.62. The molecule has 4 rings (SSSR count). The van der Waals surface area contributed by atoms with Gasteiger partial charge in [0.1, 0.15) is 5.82 Å². The highest BCUT2D eigenvalue weighted by molar-refractivity contribution is 7.92. The van der Waals surface area contributed by atoms with E-state index in [4.69, 9.17) is 10.1 Å². The highest BCUT2D eigenvalue weighted by Gasteiger charge is 2.29. The SMILES string of the molecule is CCCS(=O)(=O)Nc1cccc(-c2nc(C3CC3)[nH]c2-c2ccnc(NCC(C)NC(=O)O)n2)c1. The smallest absolute Gasteiger partial charge is 0.404 e. The van der Waals surface area contributed by atoms with Crippen LogP contribution in [0.15, 0.2) is 36.5 Å². The van der Waals surface area contributed by atoms with Gasteiger partial charge in [0.05, 0.1) is 22.8 Å². The summed E-state index contributed by atoms with van der Waals surface area (Å²) in [5.74, 6) is 1.65. The van der Waals surface area contributed by atoms with Gasteiger partial charge in [0.15, 0.2) is 0 Å². The number of amides is 1. The maximum absolute atomic E-state index is 12.2. The number of carbonyl (C=O) groups is 1. The van der Waals surface area contributed by atoms with Crippen molar-refractivity contribution in [3.63, 3.8) is 0 Å². The summed E-state index contributed by atoms with van der Waals surface area (Å²) >= 11 is 0. The number of nitrogens with one attached hydrogen (secondary N) is 4. The predicted octanol–water partition coefficient (Wildman–Crippen LogP) is 3.63. The van der Waals surface area contributed by atoms with Crippen LogP contribution in [0.5, 0.6) is 0 Å². The molecule has 1 fully saturated rings. The summed E-state index contributed by atoms with van der Waals surface area (Å²) in [6.07, 6.45) is 3.18. The largest absolute Gasteiger partial charge is 0.465 e. The molecular formula is C23H29N7O4S. The minimum atomic E-state index is -3.42. The average Bonchev–Trinajstić information content (AvgIpc) is 3.55. The molecule has 1 atom stereocenters. The van der Waals surface area contributed by atoms with E-state index in [0.29, 0.717) is 47.6 Å². The van der Waals surface area contributed by atoms with Gasteiger partial charge in [-0.3, -0.25) is 4.72 Å². The first-order valence-corrected chi connectivity index (χ1v) is 13.2. The van der Waals surface area contributed by atoms with E-state index in [2.05, 4.69) is 30.3 Å². The molecule has 5 N–H and O–H groups in total. The first-order valence-electron chi connectivity index (χ1n) is 11.5. The van der Waals surface area contributed by atoms with Crippen molar-refractivity contribution in [2.75, 3.05) is 22.3 Å². The predicted molar refractivity (Wildman–Crippen MR) is 134 cm³/mol. The van der Waals surface area contributed by atoms with Gasteiger partial charge in [-0.1, -0.05) is 19.1 Å². The fraction of sp³-hybridized carbons (Fsp3) is 0.391. The van der Waals surface area contributed by atoms with E-state index < -0.39 is 16.1 Å². The quantitative estimate of drug-likeness (QED) is 0.267. The van der Waals surface area contributed by atoms with Crippen LogP contribution in [-0.2, 0) is 10.0 Å². The number of rotatable bonds is 11. The Hall–Kier alpha value is -3.67. The van der Waals surface area contributed by atoms with Crippen LogP contribution in [-0.4, -0.2) is 57.9 Å². The van der Waals surface area contributed by atoms with Crippen molar-refractivity contribution in [2.24, 2.45) is 0 Å². The van der Waals surface area contributed by atoms with Crippen molar-refractivity contribution in [1.82, 2.24) is 25.3 Å². The topological polar surface area (TPSA) is 162 Å². The van der Waals surface area contributed by atoms with Crippen molar-refractivity contribution in [3.05, 3.63) is 42.4 Å². The maximum Gasteiger partial charge on any atom is 0.404 e. The van der Waals surface area contributed by atoms with E-state index in [9.17, 15) is 13.2 Å². The lowest BCUT2D eigenvalue weighted by molar-refractivity contribution is 0.191. The molecule has 1 aliphatic carbocycles. The third kappa shape index (κ3) is 6.47. The van der Waals surface area contributed by atoms with Crippen LogP contribution in [0.1, 0.15) is 44.9 Å². The number of aromatic amines is 1. The first-order chi connectivity index (χ1) is 16.7. The molecule has 186 valence electrons. The van der Waals surface area contributed by atoms with Crippen molar-refractivity contribution in [3.8, 4) is 22.6 Å². The lowest BCUT2D eigenvalue weighted by atomic mass is 10.1. The standard InChI is InChI=1S/C23H29N7O4S/c1-3-11-35(33,34)30-17-6-4-5-16(12-17)19-20(29-21(28-19)15-7-8-15)18-9-10-24-22(27-18)25-13-14(2)26-23(31)32/h4-6,9-10,12,14-15,26,30H,3,7-8,11,13H2,1-2H3,(H,28,29)(H,31,32)(H,24,25,27). The summed E-state index contributed by atoms with van der Waals surface area (Å²) in [6, 6.07) is 8.59. The molecule has 3 aromatic rings. The number of nitrogens with zero attached hydrogens (tertiary/aromatic N) is 3. The molecule has 1 aliphatic rings. The van der Waals surface area contributed by atoms with Gasteiger partial charge in [-0.25, -0.2) is 28.2 Å². The molecule has 0 saturated heterocycles. The molecule has 0 radical (unpaired) electrons. The second-order valence-corrected chi connectivity index (χ2v) is 10.5. The summed E-state index contributed by atoms with van der Waals surface area (Å²) < 4.78 is 27.1. The summed E-state index contributed by atoms with van der Waals surface area (Å²) in [5, 5.41) is 14.3. The molecule has 35 heavy (non-hydrogen) atoms. The maximum atomic E-state index is 12.2. The zero-order chi connectivity index (χ0) is 25.0. The third-order valence-corrected chi connectivity index (χ3v) is 6.91. The average molecular weight is 500 g/mol. The van der Waals surface area contributed by atoms with Gasteiger partial charge in [-0.05, 0) is 44.4 Å². The van der Waals surface area contributed by atoms with Gasteiger partial charge in [0.25, 0.3) is 0 Å². The molecular weight excluding hydrogens is 470 g/mol. The molecule has 1 aromatic carbocycles. The van der Waals surface area contributed by atoms with Gasteiger partial charge in [-0.15, -0.1) is 0 Å². The van der Waals surface area contributed by atoms with Crippen LogP contribution in [0.25, 0.3) is 22.6 Å². The number of sulfonamides is 1. The number of benzene rings is 1. The number of hydrogen-bond donors (Lipinski definition) is 5. The number of hydrogen-bond acceptors (Lipinski definition) is 7. The molecule has 11 nitrogen and oxygen atoms in total. The molecule has 2 heterocycles. The fourth-order valence-electron chi connectivity index (χ4n) is 3.65. The summed E-state index contributed by atoms with van der Waals surface area (Å²) in [4.78, 5) is 27.9. The zero-order valence-corrected chi connectivity index (χ0v) is 20.4. The van der Waals surface area contributed by atoms with E-state index in [1.807, 2.05) is 13.0 Å². The summed E-state index contributed by atoms with van der Waals surface area (Å²) in [6.45, 7) is 3.87. The van der Waals surface area contributed by atoms with E-state index in [-0.39, 0.29) is 11.8 Å². The number of H-pyrrole nitrogens is 1. The molecule has 1 unspecified atom stereocenters. The lowest BCUT2D eigenvalue weighted by Crippen LogP contribution is -2.36. The van der Waals surface area contributed by atoms with Crippen LogP contribution < -0.4 is 15.4 Å².